The van der Waals surface area contributed by atoms with E-state index in [1.807, 2.05) is 0 Å². The normalized spacial score (nSPS) is 21.6. The van der Waals surface area contributed by atoms with Crippen LogP contribution in [-0.4, -0.2) is 62.2 Å². The van der Waals surface area contributed by atoms with Crippen molar-refractivity contribution < 1.29 is 0 Å². The van der Waals surface area contributed by atoms with E-state index in [4.69, 9.17) is 0 Å². The molecule has 1 rings (SSSR count). The molecule has 0 aromatic carbocycles. The number of hydrogen-bond donors (Lipinski definition) is 1. The largest absolute Gasteiger partial charge is 0.315 e. The average Bonchev–Trinajstić information content (AvgIpc) is 2.28. The van der Waals surface area contributed by atoms with E-state index in [2.05, 4.69) is 42.9 Å². The van der Waals surface area contributed by atoms with Crippen LogP contribution in [0.15, 0.2) is 0 Å². The zero-order valence-corrected chi connectivity index (χ0v) is 11.5. The lowest BCUT2D eigenvalue weighted by atomic mass is 10.0. The van der Waals surface area contributed by atoms with Crippen LogP contribution in [-0.2, 0) is 0 Å². The van der Waals surface area contributed by atoms with E-state index in [1.54, 1.807) is 0 Å². The Morgan fingerprint density at radius 3 is 2.06 bits per heavy atom. The molecule has 0 aromatic rings. The molecule has 1 unspecified atom stereocenters. The summed E-state index contributed by atoms with van der Waals surface area (Å²) in [4.78, 5) is 5.19. The Hall–Kier alpha value is -0.120. The van der Waals surface area contributed by atoms with E-state index in [1.165, 1.54) is 45.7 Å². The van der Waals surface area contributed by atoms with Gasteiger partial charge in [0.2, 0.25) is 0 Å². The zero-order chi connectivity index (χ0) is 12.0. The number of hydrogen-bond acceptors (Lipinski definition) is 3. The van der Waals surface area contributed by atoms with Crippen molar-refractivity contribution in [2.24, 2.45) is 5.92 Å². The third-order valence-corrected chi connectivity index (χ3v) is 3.64. The van der Waals surface area contributed by atoms with E-state index in [-0.39, 0.29) is 0 Å². The first-order valence-corrected chi connectivity index (χ1v) is 6.79. The molecule has 1 heterocycles. The van der Waals surface area contributed by atoms with Crippen molar-refractivity contribution in [3.05, 3.63) is 0 Å². The van der Waals surface area contributed by atoms with Crippen LogP contribution < -0.4 is 5.32 Å². The van der Waals surface area contributed by atoms with Crippen molar-refractivity contribution in [2.75, 3.05) is 46.3 Å². The van der Waals surface area contributed by atoms with Crippen LogP contribution in [0.1, 0.15) is 27.2 Å². The first kappa shape index (κ1) is 13.9. The predicted molar refractivity (Wildman–Crippen MR) is 70.9 cm³/mol. The Balaban J connectivity index is 2.25. The summed E-state index contributed by atoms with van der Waals surface area (Å²) >= 11 is 0. The fourth-order valence-corrected chi connectivity index (χ4v) is 2.43. The Morgan fingerprint density at radius 1 is 1.06 bits per heavy atom. The van der Waals surface area contributed by atoms with Gasteiger partial charge < -0.3 is 10.2 Å². The van der Waals surface area contributed by atoms with E-state index < -0.39 is 0 Å². The average molecular weight is 227 g/mol. The van der Waals surface area contributed by atoms with Crippen molar-refractivity contribution in [1.82, 2.24) is 15.1 Å². The third-order valence-electron chi connectivity index (χ3n) is 3.64. The highest BCUT2D eigenvalue weighted by Gasteiger charge is 2.20. The summed E-state index contributed by atoms with van der Waals surface area (Å²) in [6.45, 7) is 14.3. The van der Waals surface area contributed by atoms with Crippen LogP contribution in [0, 0.1) is 5.92 Å². The van der Waals surface area contributed by atoms with Gasteiger partial charge in [-0.3, -0.25) is 4.90 Å². The quantitative estimate of drug-likeness (QED) is 0.737. The second-order valence-corrected chi connectivity index (χ2v) is 5.28. The minimum Gasteiger partial charge on any atom is -0.315 e. The Kier molecular flexibility index (Phi) is 6.32. The maximum atomic E-state index is 3.43. The van der Waals surface area contributed by atoms with Crippen LogP contribution in [0.4, 0.5) is 0 Å². The highest BCUT2D eigenvalue weighted by molar-refractivity contribution is 4.78. The molecule has 1 saturated heterocycles. The maximum absolute atomic E-state index is 3.43. The third kappa shape index (κ3) is 4.40. The van der Waals surface area contributed by atoms with Gasteiger partial charge in [-0.1, -0.05) is 20.8 Å². The van der Waals surface area contributed by atoms with Crippen molar-refractivity contribution in [3.8, 4) is 0 Å². The van der Waals surface area contributed by atoms with Crippen LogP contribution in [0.3, 0.4) is 0 Å². The molecule has 3 nitrogen and oxygen atoms in total. The molecule has 16 heavy (non-hydrogen) atoms. The first-order valence-electron chi connectivity index (χ1n) is 6.79. The molecular formula is C13H29N3. The summed E-state index contributed by atoms with van der Waals surface area (Å²) in [6, 6.07) is 0.637. The van der Waals surface area contributed by atoms with Gasteiger partial charge in [0.15, 0.2) is 0 Å². The second-order valence-electron chi connectivity index (χ2n) is 5.28. The zero-order valence-electron chi connectivity index (χ0n) is 11.5. The number of rotatable bonds is 6. The highest BCUT2D eigenvalue weighted by atomic mass is 15.3. The molecule has 3 heteroatoms. The number of nitrogens with one attached hydrogen (secondary N) is 1. The van der Waals surface area contributed by atoms with E-state index in [0.717, 1.165) is 5.92 Å². The first-order chi connectivity index (χ1) is 7.67. The van der Waals surface area contributed by atoms with Crippen molar-refractivity contribution in [1.29, 1.82) is 0 Å². The van der Waals surface area contributed by atoms with Gasteiger partial charge in [-0.25, -0.2) is 0 Å². The van der Waals surface area contributed by atoms with Crippen LogP contribution in [0.5, 0.6) is 0 Å². The standard InChI is InChI=1S/C13H29N3/c1-5-6-15-7-9-16(10-8-15)11-13(14-4)12(2)3/h12-14H,5-11H2,1-4H3. The van der Waals surface area contributed by atoms with Gasteiger partial charge in [0, 0.05) is 38.8 Å². The fraction of sp³-hybridized carbons (Fsp3) is 1.00. The minimum absolute atomic E-state index is 0.637. The lowest BCUT2D eigenvalue weighted by molar-refractivity contribution is 0.118. The Labute approximate surface area is 101 Å². The second kappa shape index (κ2) is 7.25. The molecule has 1 aliphatic heterocycles. The maximum Gasteiger partial charge on any atom is 0.0214 e. The summed E-state index contributed by atoms with van der Waals surface area (Å²) in [7, 11) is 2.08. The molecule has 96 valence electrons. The van der Waals surface area contributed by atoms with Crippen molar-refractivity contribution in [3.63, 3.8) is 0 Å². The molecule has 0 spiro atoms. The molecule has 1 fully saturated rings. The summed E-state index contributed by atoms with van der Waals surface area (Å²) in [6.07, 6.45) is 1.28. The van der Waals surface area contributed by atoms with Gasteiger partial charge >= 0.3 is 0 Å². The number of likely N-dealkylation sites (N-methyl/N-ethyl adjacent to an activating group) is 1. The molecule has 0 bridgehead atoms. The number of piperazine rings is 1. The minimum atomic E-state index is 0.637. The van der Waals surface area contributed by atoms with Gasteiger partial charge in [0.05, 0.1) is 0 Å². The SMILES string of the molecule is CCCN1CCN(CC(NC)C(C)C)CC1. The predicted octanol–water partition coefficient (Wildman–Crippen LogP) is 1.26. The van der Waals surface area contributed by atoms with E-state index in [9.17, 15) is 0 Å². The highest BCUT2D eigenvalue weighted by Crippen LogP contribution is 2.07. The molecule has 1 N–H and O–H groups in total. The van der Waals surface area contributed by atoms with Gasteiger partial charge in [0.25, 0.3) is 0 Å². The van der Waals surface area contributed by atoms with Gasteiger partial charge in [-0.05, 0) is 25.9 Å². The van der Waals surface area contributed by atoms with Gasteiger partial charge in [0.1, 0.15) is 0 Å². The summed E-state index contributed by atoms with van der Waals surface area (Å²) in [5.74, 6) is 0.721. The van der Waals surface area contributed by atoms with E-state index in [0.29, 0.717) is 6.04 Å². The summed E-state index contributed by atoms with van der Waals surface area (Å²) < 4.78 is 0. The molecule has 0 radical (unpaired) electrons. The van der Waals surface area contributed by atoms with Gasteiger partial charge in [-0.15, -0.1) is 0 Å². The molecule has 0 aliphatic carbocycles. The Bertz CT molecular complexity index is 174. The van der Waals surface area contributed by atoms with Crippen molar-refractivity contribution >= 4 is 0 Å². The molecule has 0 aromatic heterocycles. The smallest absolute Gasteiger partial charge is 0.0214 e. The van der Waals surface area contributed by atoms with Crippen LogP contribution >= 0.6 is 0 Å². The monoisotopic (exact) mass is 227 g/mol. The molecule has 0 amide bonds. The van der Waals surface area contributed by atoms with Crippen molar-refractivity contribution in [2.45, 2.75) is 33.2 Å². The fourth-order valence-electron chi connectivity index (χ4n) is 2.43. The lowest BCUT2D eigenvalue weighted by Gasteiger charge is -2.37. The van der Waals surface area contributed by atoms with Crippen LogP contribution in [0.25, 0.3) is 0 Å². The molecule has 1 aliphatic rings. The summed E-state index contributed by atoms with van der Waals surface area (Å²) in [5.41, 5.74) is 0. The van der Waals surface area contributed by atoms with Crippen LogP contribution in [0.2, 0.25) is 0 Å². The molecule has 0 saturated carbocycles. The summed E-state index contributed by atoms with van der Waals surface area (Å²) in [5, 5.41) is 3.43. The molecule has 1 atom stereocenters. The Morgan fingerprint density at radius 2 is 1.62 bits per heavy atom. The topological polar surface area (TPSA) is 18.5 Å². The van der Waals surface area contributed by atoms with Gasteiger partial charge in [-0.2, -0.15) is 0 Å². The van der Waals surface area contributed by atoms with E-state index >= 15 is 0 Å². The lowest BCUT2D eigenvalue weighted by Crippen LogP contribution is -2.51. The molecular weight excluding hydrogens is 198 g/mol. The number of nitrogens with zero attached hydrogens (tertiary/aromatic N) is 2.